The third-order valence-corrected chi connectivity index (χ3v) is 5.59. The third-order valence-electron chi connectivity index (χ3n) is 5.59. The van der Waals surface area contributed by atoms with E-state index in [-0.39, 0.29) is 0 Å². The molecule has 0 aromatic heterocycles. The van der Waals surface area contributed by atoms with Crippen molar-refractivity contribution in [1.29, 1.82) is 0 Å². The van der Waals surface area contributed by atoms with E-state index < -0.39 is 0 Å². The average molecular weight is 266 g/mol. The molecule has 1 atom stereocenters. The van der Waals surface area contributed by atoms with E-state index in [2.05, 4.69) is 32.7 Å². The summed E-state index contributed by atoms with van der Waals surface area (Å²) < 4.78 is 0. The summed E-state index contributed by atoms with van der Waals surface area (Å²) in [5, 5.41) is 0. The van der Waals surface area contributed by atoms with E-state index in [1.165, 1.54) is 45.1 Å². The third kappa shape index (κ3) is 4.19. The molecule has 0 heterocycles. The Morgan fingerprint density at radius 1 is 1.05 bits per heavy atom. The van der Waals surface area contributed by atoms with Gasteiger partial charge in [0, 0.05) is 19.1 Å². The number of rotatable bonds is 5. The van der Waals surface area contributed by atoms with Crippen LogP contribution in [0.3, 0.4) is 0 Å². The maximum Gasteiger partial charge on any atom is 0.0243 e. The van der Waals surface area contributed by atoms with Gasteiger partial charge in [0.1, 0.15) is 0 Å². The summed E-state index contributed by atoms with van der Waals surface area (Å²) >= 11 is 0. The summed E-state index contributed by atoms with van der Waals surface area (Å²) in [5.74, 6) is 2.73. The van der Waals surface area contributed by atoms with Crippen molar-refractivity contribution in [1.82, 2.24) is 4.90 Å². The van der Waals surface area contributed by atoms with Crippen molar-refractivity contribution in [2.75, 3.05) is 20.1 Å². The summed E-state index contributed by atoms with van der Waals surface area (Å²) in [7, 11) is 2.30. The Kier molecular flexibility index (Phi) is 4.94. The highest BCUT2D eigenvalue weighted by molar-refractivity contribution is 4.88. The lowest BCUT2D eigenvalue weighted by molar-refractivity contribution is 0.0928. The van der Waals surface area contributed by atoms with Crippen molar-refractivity contribution < 1.29 is 0 Å². The van der Waals surface area contributed by atoms with Gasteiger partial charge in [-0.25, -0.2) is 0 Å². The molecule has 2 heteroatoms. The fourth-order valence-corrected chi connectivity index (χ4v) is 3.95. The van der Waals surface area contributed by atoms with E-state index in [0.29, 0.717) is 11.5 Å². The van der Waals surface area contributed by atoms with Gasteiger partial charge in [-0.3, -0.25) is 0 Å². The average Bonchev–Trinajstić information content (AvgIpc) is 3.13. The second kappa shape index (κ2) is 6.13. The van der Waals surface area contributed by atoms with E-state index >= 15 is 0 Å². The number of likely N-dealkylation sites (N-methyl/N-ethyl adjacent to an activating group) is 1. The molecule has 2 nitrogen and oxygen atoms in total. The van der Waals surface area contributed by atoms with Crippen LogP contribution in [0.4, 0.5) is 0 Å². The van der Waals surface area contributed by atoms with Crippen molar-refractivity contribution >= 4 is 0 Å². The van der Waals surface area contributed by atoms with Gasteiger partial charge in [-0.05, 0) is 68.7 Å². The highest BCUT2D eigenvalue weighted by Crippen LogP contribution is 2.41. The largest absolute Gasteiger partial charge is 0.329 e. The first kappa shape index (κ1) is 15.3. The standard InChI is InChI=1S/C17H34N2/c1-17(2,3)15-9-7-14(8-10-15)16(11-18)19(4)12-13-5-6-13/h13-16H,5-12,18H2,1-4H3. The molecule has 0 spiro atoms. The summed E-state index contributed by atoms with van der Waals surface area (Å²) in [6.45, 7) is 9.32. The minimum Gasteiger partial charge on any atom is -0.329 e. The summed E-state index contributed by atoms with van der Waals surface area (Å²) in [5.41, 5.74) is 6.57. The zero-order valence-electron chi connectivity index (χ0n) is 13.5. The normalized spacial score (nSPS) is 30.6. The zero-order valence-corrected chi connectivity index (χ0v) is 13.5. The molecule has 0 saturated heterocycles. The van der Waals surface area contributed by atoms with Gasteiger partial charge in [0.2, 0.25) is 0 Å². The second-order valence-electron chi connectivity index (χ2n) is 8.16. The van der Waals surface area contributed by atoms with Crippen LogP contribution in [0.15, 0.2) is 0 Å². The van der Waals surface area contributed by atoms with Crippen molar-refractivity contribution in [3.8, 4) is 0 Å². The van der Waals surface area contributed by atoms with E-state index in [1.54, 1.807) is 0 Å². The molecule has 112 valence electrons. The van der Waals surface area contributed by atoms with Crippen molar-refractivity contribution in [3.63, 3.8) is 0 Å². The molecule has 2 fully saturated rings. The molecule has 2 saturated carbocycles. The minimum absolute atomic E-state index is 0.489. The van der Waals surface area contributed by atoms with Gasteiger partial charge in [-0.2, -0.15) is 0 Å². The molecule has 2 aliphatic rings. The lowest BCUT2D eigenvalue weighted by atomic mass is 9.68. The molecule has 0 radical (unpaired) electrons. The summed E-state index contributed by atoms with van der Waals surface area (Å²) in [6, 6.07) is 0.626. The first-order valence-corrected chi connectivity index (χ1v) is 8.32. The molecule has 0 amide bonds. The molecule has 2 rings (SSSR count). The van der Waals surface area contributed by atoms with Crippen molar-refractivity contribution in [3.05, 3.63) is 0 Å². The van der Waals surface area contributed by atoms with Gasteiger partial charge in [0.25, 0.3) is 0 Å². The van der Waals surface area contributed by atoms with E-state index in [9.17, 15) is 0 Å². The molecule has 0 bridgehead atoms. The van der Waals surface area contributed by atoms with E-state index in [1.807, 2.05) is 0 Å². The topological polar surface area (TPSA) is 29.3 Å². The fraction of sp³-hybridized carbons (Fsp3) is 1.00. The lowest BCUT2D eigenvalue weighted by Crippen LogP contribution is -2.46. The highest BCUT2D eigenvalue weighted by atomic mass is 15.1. The fourth-order valence-electron chi connectivity index (χ4n) is 3.95. The molecule has 0 aromatic carbocycles. The summed E-state index contributed by atoms with van der Waals surface area (Å²) in [4.78, 5) is 2.57. The van der Waals surface area contributed by atoms with E-state index in [4.69, 9.17) is 5.73 Å². The van der Waals surface area contributed by atoms with Crippen LogP contribution in [0.2, 0.25) is 0 Å². The molecule has 2 aliphatic carbocycles. The van der Waals surface area contributed by atoms with Crippen LogP contribution in [-0.4, -0.2) is 31.1 Å². The Balaban J connectivity index is 1.83. The van der Waals surface area contributed by atoms with Crippen LogP contribution in [0.25, 0.3) is 0 Å². The van der Waals surface area contributed by atoms with E-state index in [0.717, 1.165) is 24.3 Å². The van der Waals surface area contributed by atoms with Crippen LogP contribution >= 0.6 is 0 Å². The van der Waals surface area contributed by atoms with Crippen LogP contribution in [0.5, 0.6) is 0 Å². The predicted octanol–water partition coefficient (Wildman–Crippen LogP) is 3.51. The Labute approximate surface area is 120 Å². The zero-order chi connectivity index (χ0) is 14.0. The Morgan fingerprint density at radius 3 is 2.05 bits per heavy atom. The monoisotopic (exact) mass is 266 g/mol. The van der Waals surface area contributed by atoms with Crippen LogP contribution in [0.1, 0.15) is 59.3 Å². The predicted molar refractivity (Wildman–Crippen MR) is 83.1 cm³/mol. The molecule has 2 N–H and O–H groups in total. The first-order chi connectivity index (χ1) is 8.91. The molecular weight excluding hydrogens is 232 g/mol. The van der Waals surface area contributed by atoms with Crippen molar-refractivity contribution in [2.24, 2.45) is 28.9 Å². The van der Waals surface area contributed by atoms with Crippen LogP contribution in [-0.2, 0) is 0 Å². The van der Waals surface area contributed by atoms with Gasteiger partial charge < -0.3 is 10.6 Å². The molecule has 1 unspecified atom stereocenters. The number of nitrogens with zero attached hydrogens (tertiary/aromatic N) is 1. The van der Waals surface area contributed by atoms with Gasteiger partial charge in [0.05, 0.1) is 0 Å². The molecule has 19 heavy (non-hydrogen) atoms. The number of hydrogen-bond donors (Lipinski definition) is 1. The lowest BCUT2D eigenvalue weighted by Gasteiger charge is -2.41. The van der Waals surface area contributed by atoms with Gasteiger partial charge in [-0.15, -0.1) is 0 Å². The van der Waals surface area contributed by atoms with Gasteiger partial charge in [0.15, 0.2) is 0 Å². The first-order valence-electron chi connectivity index (χ1n) is 8.32. The van der Waals surface area contributed by atoms with Crippen LogP contribution in [0, 0.1) is 23.2 Å². The molecular formula is C17H34N2. The number of nitrogens with two attached hydrogens (primary N) is 1. The second-order valence-corrected chi connectivity index (χ2v) is 8.16. The molecule has 0 aromatic rings. The quantitative estimate of drug-likeness (QED) is 0.825. The minimum atomic E-state index is 0.489. The van der Waals surface area contributed by atoms with Gasteiger partial charge in [-0.1, -0.05) is 20.8 Å². The van der Waals surface area contributed by atoms with Crippen LogP contribution < -0.4 is 5.73 Å². The maximum absolute atomic E-state index is 6.08. The van der Waals surface area contributed by atoms with Gasteiger partial charge >= 0.3 is 0 Å². The Bertz CT molecular complexity index is 269. The smallest absolute Gasteiger partial charge is 0.0243 e. The Morgan fingerprint density at radius 2 is 1.63 bits per heavy atom. The maximum atomic E-state index is 6.08. The molecule has 0 aliphatic heterocycles. The van der Waals surface area contributed by atoms with Crippen molar-refractivity contribution in [2.45, 2.75) is 65.3 Å². The highest BCUT2D eigenvalue weighted by Gasteiger charge is 2.34. The number of hydrogen-bond acceptors (Lipinski definition) is 2. The summed E-state index contributed by atoms with van der Waals surface area (Å²) in [6.07, 6.45) is 8.47. The SMILES string of the molecule is CN(CC1CC1)C(CN)C1CCC(C(C)(C)C)CC1. The Hall–Kier alpha value is -0.0800.